The van der Waals surface area contributed by atoms with Crippen LogP contribution < -0.4 is 4.74 Å². The van der Waals surface area contributed by atoms with Crippen molar-refractivity contribution in [2.24, 2.45) is 0 Å². The van der Waals surface area contributed by atoms with E-state index < -0.39 is 0 Å². The van der Waals surface area contributed by atoms with E-state index >= 15 is 0 Å². The van der Waals surface area contributed by atoms with Gasteiger partial charge in [-0.2, -0.15) is 5.10 Å². The standard InChI is InChI=1S/C12H13IN2O/c1-16-12-4-2-10(3-5-12)6-7-15-9-11(13)8-14-15/h2-5,8-9H,6-7H2,1H3. The molecule has 0 N–H and O–H groups in total. The fourth-order valence-electron chi connectivity index (χ4n) is 1.50. The summed E-state index contributed by atoms with van der Waals surface area (Å²) in [5, 5.41) is 4.25. The van der Waals surface area contributed by atoms with Crippen molar-refractivity contribution in [2.75, 3.05) is 7.11 Å². The lowest BCUT2D eigenvalue weighted by Gasteiger charge is -2.03. The molecule has 16 heavy (non-hydrogen) atoms. The molecule has 0 fully saturated rings. The largest absolute Gasteiger partial charge is 0.497 e. The van der Waals surface area contributed by atoms with Gasteiger partial charge in [0.05, 0.1) is 16.9 Å². The van der Waals surface area contributed by atoms with Crippen molar-refractivity contribution in [2.45, 2.75) is 13.0 Å². The second-order valence-electron chi connectivity index (χ2n) is 3.52. The third-order valence-electron chi connectivity index (χ3n) is 2.39. The number of aromatic nitrogens is 2. The van der Waals surface area contributed by atoms with E-state index in [1.807, 2.05) is 29.2 Å². The molecule has 4 heteroatoms. The van der Waals surface area contributed by atoms with Gasteiger partial charge in [-0.1, -0.05) is 12.1 Å². The number of hydrogen-bond donors (Lipinski definition) is 0. The first kappa shape index (κ1) is 11.4. The summed E-state index contributed by atoms with van der Waals surface area (Å²) >= 11 is 2.26. The molecule has 0 saturated carbocycles. The smallest absolute Gasteiger partial charge is 0.118 e. The summed E-state index contributed by atoms with van der Waals surface area (Å²) in [4.78, 5) is 0. The summed E-state index contributed by atoms with van der Waals surface area (Å²) in [6, 6.07) is 8.16. The molecule has 0 amide bonds. The fraction of sp³-hybridized carbons (Fsp3) is 0.250. The molecule has 1 aromatic heterocycles. The van der Waals surface area contributed by atoms with Crippen molar-refractivity contribution in [3.63, 3.8) is 0 Å². The molecule has 0 radical (unpaired) electrons. The topological polar surface area (TPSA) is 27.1 Å². The number of methoxy groups -OCH3 is 1. The van der Waals surface area contributed by atoms with Gasteiger partial charge in [-0.3, -0.25) is 4.68 Å². The second-order valence-corrected chi connectivity index (χ2v) is 4.77. The summed E-state index contributed by atoms with van der Waals surface area (Å²) in [6.07, 6.45) is 4.90. The molecule has 2 rings (SSSR count). The van der Waals surface area contributed by atoms with Crippen LogP contribution in [0.15, 0.2) is 36.7 Å². The van der Waals surface area contributed by atoms with Crippen LogP contribution >= 0.6 is 22.6 Å². The lowest BCUT2D eigenvalue weighted by Crippen LogP contribution is -2.01. The molecule has 2 aromatic rings. The first-order valence-electron chi connectivity index (χ1n) is 5.09. The Balaban J connectivity index is 1.94. The van der Waals surface area contributed by atoms with E-state index in [0.29, 0.717) is 0 Å². The Bertz CT molecular complexity index is 450. The Kier molecular flexibility index (Phi) is 3.82. The first-order chi connectivity index (χ1) is 7.78. The number of ether oxygens (including phenoxy) is 1. The van der Waals surface area contributed by atoms with Gasteiger partial charge in [-0.25, -0.2) is 0 Å². The minimum atomic E-state index is 0.900. The highest BCUT2D eigenvalue weighted by Crippen LogP contribution is 2.12. The minimum absolute atomic E-state index is 0.900. The predicted molar refractivity (Wildman–Crippen MR) is 71.6 cm³/mol. The molecule has 1 aromatic carbocycles. The maximum absolute atomic E-state index is 5.12. The van der Waals surface area contributed by atoms with E-state index in [-0.39, 0.29) is 0 Å². The third kappa shape index (κ3) is 2.98. The molecular formula is C12H13IN2O. The molecule has 1 heterocycles. The summed E-state index contributed by atoms with van der Waals surface area (Å²) in [7, 11) is 1.68. The molecule has 0 unspecified atom stereocenters. The molecule has 0 bridgehead atoms. The summed E-state index contributed by atoms with van der Waals surface area (Å²) < 4.78 is 8.25. The minimum Gasteiger partial charge on any atom is -0.497 e. The van der Waals surface area contributed by atoms with Gasteiger partial charge in [0.1, 0.15) is 5.75 Å². The molecule has 0 spiro atoms. The Labute approximate surface area is 109 Å². The van der Waals surface area contributed by atoms with E-state index in [1.54, 1.807) is 7.11 Å². The molecule has 0 atom stereocenters. The van der Waals surface area contributed by atoms with E-state index in [9.17, 15) is 0 Å². The maximum Gasteiger partial charge on any atom is 0.118 e. The number of nitrogens with zero attached hydrogens (tertiary/aromatic N) is 2. The first-order valence-corrected chi connectivity index (χ1v) is 6.17. The summed E-state index contributed by atoms with van der Waals surface area (Å²) in [5.74, 6) is 0.900. The van der Waals surface area contributed by atoms with E-state index in [4.69, 9.17) is 4.74 Å². The van der Waals surface area contributed by atoms with Crippen LogP contribution in [0.4, 0.5) is 0 Å². The van der Waals surface area contributed by atoms with Crippen LogP contribution in [-0.4, -0.2) is 16.9 Å². The van der Waals surface area contributed by atoms with E-state index in [0.717, 1.165) is 18.7 Å². The van der Waals surface area contributed by atoms with E-state index in [2.05, 4.69) is 39.8 Å². The zero-order chi connectivity index (χ0) is 11.4. The van der Waals surface area contributed by atoms with Gasteiger partial charge in [0.15, 0.2) is 0 Å². The van der Waals surface area contributed by atoms with Gasteiger partial charge < -0.3 is 4.74 Å². The van der Waals surface area contributed by atoms with Crippen LogP contribution in [0.1, 0.15) is 5.56 Å². The number of rotatable bonds is 4. The molecule has 84 valence electrons. The third-order valence-corrected chi connectivity index (χ3v) is 2.95. The van der Waals surface area contributed by atoms with Crippen LogP contribution in [0.5, 0.6) is 5.75 Å². The fourth-order valence-corrected chi connectivity index (χ4v) is 1.94. The number of halogens is 1. The van der Waals surface area contributed by atoms with Gasteiger partial charge in [0, 0.05) is 12.7 Å². The zero-order valence-electron chi connectivity index (χ0n) is 9.06. The maximum atomic E-state index is 5.12. The van der Waals surface area contributed by atoms with Crippen molar-refractivity contribution >= 4 is 22.6 Å². The Hall–Kier alpha value is -1.04. The Morgan fingerprint density at radius 1 is 1.31 bits per heavy atom. The molecule has 0 aliphatic heterocycles. The molecular weight excluding hydrogens is 315 g/mol. The average molecular weight is 328 g/mol. The van der Waals surface area contributed by atoms with Crippen LogP contribution in [0.2, 0.25) is 0 Å². The number of hydrogen-bond acceptors (Lipinski definition) is 2. The van der Waals surface area contributed by atoms with Crippen molar-refractivity contribution in [1.82, 2.24) is 9.78 Å². The SMILES string of the molecule is COc1ccc(CCn2cc(I)cn2)cc1. The molecule has 0 aliphatic carbocycles. The molecule has 3 nitrogen and oxygen atoms in total. The van der Waals surface area contributed by atoms with Gasteiger partial charge in [0.2, 0.25) is 0 Å². The summed E-state index contributed by atoms with van der Waals surface area (Å²) in [6.45, 7) is 0.912. The number of aryl methyl sites for hydroxylation is 2. The van der Waals surface area contributed by atoms with Gasteiger partial charge in [-0.05, 0) is 46.7 Å². The molecule has 0 aliphatic rings. The second kappa shape index (κ2) is 5.34. The van der Waals surface area contributed by atoms with Crippen LogP contribution in [0, 0.1) is 3.57 Å². The summed E-state index contributed by atoms with van der Waals surface area (Å²) in [5.41, 5.74) is 1.30. The highest BCUT2D eigenvalue weighted by molar-refractivity contribution is 14.1. The van der Waals surface area contributed by atoms with Crippen LogP contribution in [0.25, 0.3) is 0 Å². The van der Waals surface area contributed by atoms with Crippen molar-refractivity contribution in [1.29, 1.82) is 0 Å². The van der Waals surface area contributed by atoms with Crippen LogP contribution in [-0.2, 0) is 13.0 Å². The van der Waals surface area contributed by atoms with Crippen LogP contribution in [0.3, 0.4) is 0 Å². The normalized spacial score (nSPS) is 10.4. The lowest BCUT2D eigenvalue weighted by molar-refractivity contribution is 0.414. The van der Waals surface area contributed by atoms with Crippen molar-refractivity contribution < 1.29 is 4.74 Å². The van der Waals surface area contributed by atoms with Gasteiger partial charge in [0.25, 0.3) is 0 Å². The van der Waals surface area contributed by atoms with Gasteiger partial charge >= 0.3 is 0 Å². The quantitative estimate of drug-likeness (QED) is 0.807. The van der Waals surface area contributed by atoms with E-state index in [1.165, 1.54) is 9.13 Å². The zero-order valence-corrected chi connectivity index (χ0v) is 11.2. The Morgan fingerprint density at radius 3 is 2.62 bits per heavy atom. The number of benzene rings is 1. The predicted octanol–water partition coefficient (Wildman–Crippen LogP) is 2.74. The monoisotopic (exact) mass is 328 g/mol. The average Bonchev–Trinajstić information content (AvgIpc) is 2.73. The molecule has 0 saturated heterocycles. The van der Waals surface area contributed by atoms with Crippen molar-refractivity contribution in [3.05, 3.63) is 45.8 Å². The highest BCUT2D eigenvalue weighted by Gasteiger charge is 1.97. The lowest BCUT2D eigenvalue weighted by atomic mass is 10.1. The van der Waals surface area contributed by atoms with Gasteiger partial charge in [-0.15, -0.1) is 0 Å². The van der Waals surface area contributed by atoms with Crippen molar-refractivity contribution in [3.8, 4) is 5.75 Å². The Morgan fingerprint density at radius 2 is 2.06 bits per heavy atom. The highest BCUT2D eigenvalue weighted by atomic mass is 127.